The molecule has 1 N–H and O–H groups in total. The molecule has 0 spiro atoms. The van der Waals surface area contributed by atoms with E-state index >= 15 is 0 Å². The monoisotopic (exact) mass is 229 g/mol. The van der Waals surface area contributed by atoms with Gasteiger partial charge in [-0.3, -0.25) is 4.79 Å². The molecule has 4 heteroatoms. The summed E-state index contributed by atoms with van der Waals surface area (Å²) in [7, 11) is 0. The predicted molar refractivity (Wildman–Crippen MR) is 65.0 cm³/mol. The number of fused-ring (bicyclic) bond motifs is 1. The van der Waals surface area contributed by atoms with Crippen LogP contribution >= 0.6 is 0 Å². The molecule has 0 atom stereocenters. The van der Waals surface area contributed by atoms with Crippen molar-refractivity contribution < 1.29 is 9.53 Å². The maximum absolute atomic E-state index is 11.7. The number of aromatic nitrogens is 1. The summed E-state index contributed by atoms with van der Waals surface area (Å²) in [5.41, 5.74) is 0.561. The van der Waals surface area contributed by atoms with Crippen LogP contribution in [0.1, 0.15) is 10.5 Å². The highest BCUT2D eigenvalue weighted by molar-refractivity contribution is 5.90. The lowest BCUT2D eigenvalue weighted by Crippen LogP contribution is -2.12. The van der Waals surface area contributed by atoms with Gasteiger partial charge >= 0.3 is 5.97 Å². The number of ether oxygens (including phenoxy) is 1. The van der Waals surface area contributed by atoms with Crippen LogP contribution in [0.15, 0.2) is 47.8 Å². The maximum Gasteiger partial charge on any atom is 0.355 e. The number of carbonyl (C=O) groups is 1. The number of pyridine rings is 1. The molecule has 1 aromatic carbocycles. The van der Waals surface area contributed by atoms with Gasteiger partial charge < -0.3 is 9.72 Å². The molecule has 0 saturated heterocycles. The number of H-pyrrole nitrogens is 1. The molecule has 0 unspecified atom stereocenters. The van der Waals surface area contributed by atoms with E-state index in [1.54, 1.807) is 24.3 Å². The summed E-state index contributed by atoms with van der Waals surface area (Å²) in [6.45, 7) is 3.56. The van der Waals surface area contributed by atoms with Gasteiger partial charge in [-0.2, -0.15) is 0 Å². The Morgan fingerprint density at radius 1 is 1.41 bits per heavy atom. The van der Waals surface area contributed by atoms with Crippen LogP contribution in [-0.2, 0) is 4.74 Å². The van der Waals surface area contributed by atoms with Crippen LogP contribution in [0.2, 0.25) is 0 Å². The van der Waals surface area contributed by atoms with Gasteiger partial charge in [-0.15, -0.1) is 0 Å². The van der Waals surface area contributed by atoms with E-state index in [1.807, 2.05) is 0 Å². The average molecular weight is 229 g/mol. The molecular formula is C13H11NO3. The van der Waals surface area contributed by atoms with E-state index in [0.29, 0.717) is 10.9 Å². The Kier molecular flexibility index (Phi) is 3.05. The lowest BCUT2D eigenvalue weighted by Gasteiger charge is -2.03. The molecule has 0 aliphatic carbocycles. The summed E-state index contributed by atoms with van der Waals surface area (Å²) in [5.74, 6) is -0.562. The zero-order valence-electron chi connectivity index (χ0n) is 9.10. The lowest BCUT2D eigenvalue weighted by atomic mass is 10.2. The number of carbonyl (C=O) groups excluding carboxylic acids is 1. The van der Waals surface area contributed by atoms with Gasteiger partial charge in [0.15, 0.2) is 5.43 Å². The molecule has 0 amide bonds. The zero-order valence-corrected chi connectivity index (χ0v) is 9.10. The molecule has 0 radical (unpaired) electrons. The Balaban J connectivity index is 2.46. The second-order valence-corrected chi connectivity index (χ2v) is 3.48. The molecule has 0 aliphatic heterocycles. The van der Waals surface area contributed by atoms with E-state index in [4.69, 9.17) is 4.74 Å². The van der Waals surface area contributed by atoms with Crippen LogP contribution in [0, 0.1) is 0 Å². The van der Waals surface area contributed by atoms with Crippen molar-refractivity contribution in [3.8, 4) is 0 Å². The standard InChI is InChI=1S/C13H11NO3/c1-2-7-17-13(16)11-8-12(15)9-5-3-4-6-10(9)14-11/h2-6,8H,1,7H2,(H,14,15). The summed E-state index contributed by atoms with van der Waals surface area (Å²) in [5, 5.41) is 0.549. The number of aromatic amines is 1. The van der Waals surface area contributed by atoms with Crippen molar-refractivity contribution >= 4 is 16.9 Å². The van der Waals surface area contributed by atoms with Crippen LogP contribution in [0.5, 0.6) is 0 Å². The molecule has 2 rings (SSSR count). The van der Waals surface area contributed by atoms with Crippen LogP contribution in [-0.4, -0.2) is 17.6 Å². The largest absolute Gasteiger partial charge is 0.457 e. The van der Waals surface area contributed by atoms with E-state index in [-0.39, 0.29) is 17.7 Å². The molecule has 86 valence electrons. The third-order valence-corrected chi connectivity index (χ3v) is 2.29. The third kappa shape index (κ3) is 2.25. The van der Waals surface area contributed by atoms with Crippen molar-refractivity contribution in [2.75, 3.05) is 6.61 Å². The van der Waals surface area contributed by atoms with Crippen molar-refractivity contribution in [2.24, 2.45) is 0 Å². The minimum atomic E-state index is -0.562. The normalized spacial score (nSPS) is 10.1. The Morgan fingerprint density at radius 2 is 2.18 bits per heavy atom. The van der Waals surface area contributed by atoms with Gasteiger partial charge in [0.2, 0.25) is 0 Å². The first-order valence-electron chi connectivity index (χ1n) is 5.12. The first-order chi connectivity index (χ1) is 8.22. The van der Waals surface area contributed by atoms with Crippen LogP contribution in [0.4, 0.5) is 0 Å². The second-order valence-electron chi connectivity index (χ2n) is 3.48. The fourth-order valence-corrected chi connectivity index (χ4v) is 1.52. The first kappa shape index (κ1) is 11.1. The Labute approximate surface area is 97.5 Å². The Morgan fingerprint density at radius 3 is 2.94 bits per heavy atom. The van der Waals surface area contributed by atoms with Crippen LogP contribution in [0.25, 0.3) is 10.9 Å². The second kappa shape index (κ2) is 4.65. The summed E-state index contributed by atoms with van der Waals surface area (Å²) in [6, 6.07) is 8.24. The fraction of sp³-hybridized carbons (Fsp3) is 0.0769. The quantitative estimate of drug-likeness (QED) is 0.645. The zero-order chi connectivity index (χ0) is 12.3. The van der Waals surface area contributed by atoms with E-state index in [0.717, 1.165) is 0 Å². The number of esters is 1. The molecule has 1 aromatic heterocycles. The van der Waals surface area contributed by atoms with E-state index in [9.17, 15) is 9.59 Å². The molecular weight excluding hydrogens is 218 g/mol. The summed E-state index contributed by atoms with van der Waals surface area (Å²) in [4.78, 5) is 26.2. The number of benzene rings is 1. The van der Waals surface area contributed by atoms with Crippen molar-refractivity contribution in [2.45, 2.75) is 0 Å². The minimum absolute atomic E-state index is 0.119. The first-order valence-corrected chi connectivity index (χ1v) is 5.12. The molecule has 17 heavy (non-hydrogen) atoms. The number of rotatable bonds is 3. The topological polar surface area (TPSA) is 59.2 Å². The predicted octanol–water partition coefficient (Wildman–Crippen LogP) is 1.87. The van der Waals surface area contributed by atoms with Gasteiger partial charge in [0.25, 0.3) is 0 Å². The third-order valence-electron chi connectivity index (χ3n) is 2.29. The summed E-state index contributed by atoms with van der Waals surface area (Å²) < 4.78 is 4.85. The lowest BCUT2D eigenvalue weighted by molar-refractivity contribution is 0.0543. The highest BCUT2D eigenvalue weighted by Gasteiger charge is 2.09. The van der Waals surface area contributed by atoms with Gasteiger partial charge in [0, 0.05) is 17.0 Å². The van der Waals surface area contributed by atoms with Crippen LogP contribution < -0.4 is 5.43 Å². The van der Waals surface area contributed by atoms with Gasteiger partial charge in [-0.1, -0.05) is 24.8 Å². The van der Waals surface area contributed by atoms with Crippen molar-refractivity contribution in [1.82, 2.24) is 4.98 Å². The average Bonchev–Trinajstić information content (AvgIpc) is 2.36. The Hall–Kier alpha value is -2.36. The molecule has 0 saturated carbocycles. The SMILES string of the molecule is C=CCOC(=O)c1cc(=O)c2ccccc2[nH]1. The summed E-state index contributed by atoms with van der Waals surface area (Å²) >= 11 is 0. The molecule has 0 fully saturated rings. The van der Waals surface area contributed by atoms with E-state index in [2.05, 4.69) is 11.6 Å². The van der Waals surface area contributed by atoms with Crippen molar-refractivity contribution in [1.29, 1.82) is 0 Å². The molecule has 4 nitrogen and oxygen atoms in total. The maximum atomic E-state index is 11.7. The highest BCUT2D eigenvalue weighted by atomic mass is 16.5. The Bertz CT molecular complexity index is 628. The number of hydrogen-bond donors (Lipinski definition) is 1. The smallest absolute Gasteiger partial charge is 0.355 e. The molecule has 0 aliphatic rings. The molecule has 0 bridgehead atoms. The van der Waals surface area contributed by atoms with E-state index < -0.39 is 5.97 Å². The summed E-state index contributed by atoms with van der Waals surface area (Å²) in [6.07, 6.45) is 1.47. The van der Waals surface area contributed by atoms with Gasteiger partial charge in [-0.25, -0.2) is 4.79 Å². The van der Waals surface area contributed by atoms with Gasteiger partial charge in [-0.05, 0) is 12.1 Å². The van der Waals surface area contributed by atoms with Crippen molar-refractivity contribution in [3.63, 3.8) is 0 Å². The number of para-hydroxylation sites is 1. The number of nitrogens with one attached hydrogen (secondary N) is 1. The fourth-order valence-electron chi connectivity index (χ4n) is 1.52. The van der Waals surface area contributed by atoms with Crippen molar-refractivity contribution in [3.05, 3.63) is 58.9 Å². The van der Waals surface area contributed by atoms with Crippen LogP contribution in [0.3, 0.4) is 0 Å². The minimum Gasteiger partial charge on any atom is -0.457 e. The highest BCUT2D eigenvalue weighted by Crippen LogP contribution is 2.07. The van der Waals surface area contributed by atoms with Gasteiger partial charge in [0.1, 0.15) is 12.3 Å². The molecule has 2 aromatic rings. The molecule has 1 heterocycles. The van der Waals surface area contributed by atoms with Gasteiger partial charge in [0.05, 0.1) is 0 Å². The van der Waals surface area contributed by atoms with E-state index in [1.165, 1.54) is 12.1 Å². The number of hydrogen-bond acceptors (Lipinski definition) is 3.